The molecule has 1 atom stereocenters. The van der Waals surface area contributed by atoms with Crippen LogP contribution in [0.3, 0.4) is 0 Å². The summed E-state index contributed by atoms with van der Waals surface area (Å²) < 4.78 is 9.52. The van der Waals surface area contributed by atoms with E-state index in [1.54, 1.807) is 18.7 Å². The van der Waals surface area contributed by atoms with Crippen LogP contribution in [0.2, 0.25) is 0 Å². The number of esters is 2. The first-order valence-corrected chi connectivity index (χ1v) is 7.89. The number of methoxy groups -OCH3 is 1. The second-order valence-corrected chi connectivity index (χ2v) is 5.69. The number of aromatic nitrogens is 1. The highest BCUT2D eigenvalue weighted by molar-refractivity contribution is 7.98. The van der Waals surface area contributed by atoms with Crippen molar-refractivity contribution in [2.24, 2.45) is 5.92 Å². The van der Waals surface area contributed by atoms with Crippen LogP contribution in [0.15, 0.2) is 5.38 Å². The van der Waals surface area contributed by atoms with Crippen molar-refractivity contribution < 1.29 is 19.1 Å². The van der Waals surface area contributed by atoms with Gasteiger partial charge in [-0.25, -0.2) is 9.78 Å². The SMILES string of the molecule is CCOC(=O)c1nc(CSCC(C)C(=O)OC)cs1. The molecule has 0 radical (unpaired) electrons. The second-order valence-electron chi connectivity index (χ2n) is 3.80. The van der Waals surface area contributed by atoms with E-state index in [1.807, 2.05) is 12.3 Å². The largest absolute Gasteiger partial charge is 0.469 e. The van der Waals surface area contributed by atoms with Gasteiger partial charge in [0.15, 0.2) is 0 Å². The Labute approximate surface area is 120 Å². The lowest BCUT2D eigenvalue weighted by molar-refractivity contribution is -0.144. The zero-order chi connectivity index (χ0) is 14.3. The number of carbonyl (C=O) groups excluding carboxylic acids is 2. The summed E-state index contributed by atoms with van der Waals surface area (Å²) in [7, 11) is 1.38. The Hall–Kier alpha value is -1.08. The van der Waals surface area contributed by atoms with E-state index >= 15 is 0 Å². The van der Waals surface area contributed by atoms with Gasteiger partial charge in [-0.05, 0) is 6.92 Å². The van der Waals surface area contributed by atoms with E-state index in [1.165, 1.54) is 18.4 Å². The number of hydrogen-bond donors (Lipinski definition) is 0. The molecule has 0 aliphatic heterocycles. The van der Waals surface area contributed by atoms with Crippen LogP contribution in [-0.2, 0) is 20.0 Å². The fraction of sp³-hybridized carbons (Fsp3) is 0.583. The Morgan fingerprint density at radius 3 is 2.89 bits per heavy atom. The van der Waals surface area contributed by atoms with Gasteiger partial charge in [0.05, 0.1) is 25.3 Å². The molecule has 1 aromatic heterocycles. The number of nitrogens with zero attached hydrogens (tertiary/aromatic N) is 1. The topological polar surface area (TPSA) is 65.5 Å². The number of thiazole rings is 1. The molecule has 0 saturated carbocycles. The van der Waals surface area contributed by atoms with Crippen LogP contribution in [0, 0.1) is 5.92 Å². The van der Waals surface area contributed by atoms with E-state index in [9.17, 15) is 9.59 Å². The van der Waals surface area contributed by atoms with Gasteiger partial charge in [0, 0.05) is 16.9 Å². The smallest absolute Gasteiger partial charge is 0.367 e. The molecule has 1 unspecified atom stereocenters. The van der Waals surface area contributed by atoms with Gasteiger partial charge in [-0.15, -0.1) is 11.3 Å². The number of rotatable bonds is 7. The van der Waals surface area contributed by atoms with Crippen LogP contribution in [0.4, 0.5) is 0 Å². The van der Waals surface area contributed by atoms with E-state index in [0.29, 0.717) is 23.1 Å². The minimum absolute atomic E-state index is 0.141. The molecule has 0 fully saturated rings. The molecule has 7 heteroatoms. The van der Waals surface area contributed by atoms with E-state index in [-0.39, 0.29) is 17.9 Å². The van der Waals surface area contributed by atoms with Gasteiger partial charge in [0.1, 0.15) is 0 Å². The molecule has 19 heavy (non-hydrogen) atoms. The summed E-state index contributed by atoms with van der Waals surface area (Å²) >= 11 is 2.86. The van der Waals surface area contributed by atoms with Crippen molar-refractivity contribution in [3.8, 4) is 0 Å². The van der Waals surface area contributed by atoms with E-state index in [4.69, 9.17) is 4.74 Å². The molecule has 5 nitrogen and oxygen atoms in total. The maximum absolute atomic E-state index is 11.4. The van der Waals surface area contributed by atoms with Crippen molar-refractivity contribution >= 4 is 35.0 Å². The summed E-state index contributed by atoms with van der Waals surface area (Å²) in [5, 5.41) is 2.21. The Balaban J connectivity index is 2.38. The van der Waals surface area contributed by atoms with Crippen LogP contribution >= 0.6 is 23.1 Å². The van der Waals surface area contributed by atoms with E-state index in [0.717, 1.165) is 5.69 Å². The van der Waals surface area contributed by atoms with Crippen LogP contribution in [0.1, 0.15) is 29.3 Å². The lowest BCUT2D eigenvalue weighted by Gasteiger charge is -2.07. The molecule has 0 bridgehead atoms. The number of carbonyl (C=O) groups is 2. The van der Waals surface area contributed by atoms with Crippen molar-refractivity contribution in [1.82, 2.24) is 4.98 Å². The van der Waals surface area contributed by atoms with Gasteiger partial charge in [-0.3, -0.25) is 4.79 Å². The van der Waals surface area contributed by atoms with Crippen LogP contribution in [-0.4, -0.2) is 36.4 Å². The maximum atomic E-state index is 11.4. The fourth-order valence-electron chi connectivity index (χ4n) is 1.27. The lowest BCUT2D eigenvalue weighted by Crippen LogP contribution is -2.14. The average Bonchev–Trinajstić information content (AvgIpc) is 2.86. The fourth-order valence-corrected chi connectivity index (χ4v) is 3.05. The molecular weight excluding hydrogens is 286 g/mol. The van der Waals surface area contributed by atoms with Crippen LogP contribution < -0.4 is 0 Å². The summed E-state index contributed by atoms with van der Waals surface area (Å²) in [4.78, 5) is 26.8. The van der Waals surface area contributed by atoms with Gasteiger partial charge >= 0.3 is 11.9 Å². The lowest BCUT2D eigenvalue weighted by atomic mass is 10.2. The Bertz CT molecular complexity index is 433. The normalized spacial score (nSPS) is 11.9. The molecule has 0 aromatic carbocycles. The summed E-state index contributed by atoms with van der Waals surface area (Å²) in [6.45, 7) is 3.93. The minimum Gasteiger partial charge on any atom is -0.469 e. The zero-order valence-corrected chi connectivity index (χ0v) is 12.8. The molecule has 1 heterocycles. The first kappa shape index (κ1) is 16.0. The standard InChI is InChI=1S/C12H17NO4S2/c1-4-17-12(15)10-13-9(7-19-10)6-18-5-8(2)11(14)16-3/h7-8H,4-6H2,1-3H3. The third-order valence-electron chi connectivity index (χ3n) is 2.22. The quantitative estimate of drug-likeness (QED) is 0.720. The maximum Gasteiger partial charge on any atom is 0.367 e. The Morgan fingerprint density at radius 2 is 2.26 bits per heavy atom. The molecule has 0 spiro atoms. The van der Waals surface area contributed by atoms with Gasteiger partial charge < -0.3 is 9.47 Å². The van der Waals surface area contributed by atoms with Crippen LogP contribution in [0.25, 0.3) is 0 Å². The Kier molecular flexibility index (Phi) is 6.86. The highest BCUT2D eigenvalue weighted by atomic mass is 32.2. The predicted octanol–water partition coefficient (Wildman–Crippen LogP) is 2.36. The molecule has 0 N–H and O–H groups in total. The first-order valence-electron chi connectivity index (χ1n) is 5.85. The monoisotopic (exact) mass is 303 g/mol. The molecule has 0 aliphatic carbocycles. The molecule has 0 amide bonds. The highest BCUT2D eigenvalue weighted by Crippen LogP contribution is 2.19. The summed E-state index contributed by atoms with van der Waals surface area (Å²) in [6.07, 6.45) is 0. The van der Waals surface area contributed by atoms with Gasteiger partial charge in [-0.2, -0.15) is 11.8 Å². The predicted molar refractivity (Wildman–Crippen MR) is 75.4 cm³/mol. The van der Waals surface area contributed by atoms with E-state index in [2.05, 4.69) is 9.72 Å². The van der Waals surface area contributed by atoms with Crippen molar-refractivity contribution in [2.75, 3.05) is 19.5 Å². The molecule has 1 rings (SSSR count). The molecule has 0 aliphatic rings. The van der Waals surface area contributed by atoms with Gasteiger partial charge in [-0.1, -0.05) is 6.92 Å². The Morgan fingerprint density at radius 1 is 1.53 bits per heavy atom. The van der Waals surface area contributed by atoms with Gasteiger partial charge in [0.25, 0.3) is 0 Å². The molecule has 1 aromatic rings. The van der Waals surface area contributed by atoms with Gasteiger partial charge in [0.2, 0.25) is 5.01 Å². The summed E-state index contributed by atoms with van der Waals surface area (Å²) in [5.41, 5.74) is 0.829. The third-order valence-corrected chi connectivity index (χ3v) is 4.33. The first-order chi connectivity index (χ1) is 9.08. The molecule has 106 valence electrons. The zero-order valence-electron chi connectivity index (χ0n) is 11.2. The van der Waals surface area contributed by atoms with Crippen molar-refractivity contribution in [2.45, 2.75) is 19.6 Å². The highest BCUT2D eigenvalue weighted by Gasteiger charge is 2.14. The minimum atomic E-state index is -0.383. The second kappa shape index (κ2) is 8.16. The van der Waals surface area contributed by atoms with Crippen molar-refractivity contribution in [3.05, 3.63) is 16.1 Å². The van der Waals surface area contributed by atoms with Crippen molar-refractivity contribution in [3.63, 3.8) is 0 Å². The van der Waals surface area contributed by atoms with Crippen LogP contribution in [0.5, 0.6) is 0 Å². The number of ether oxygens (including phenoxy) is 2. The van der Waals surface area contributed by atoms with Crippen molar-refractivity contribution in [1.29, 1.82) is 0 Å². The average molecular weight is 303 g/mol. The summed E-state index contributed by atoms with van der Waals surface area (Å²) in [5.74, 6) is 0.596. The third kappa shape index (κ3) is 5.20. The summed E-state index contributed by atoms with van der Waals surface area (Å²) in [6, 6.07) is 0. The number of thioether (sulfide) groups is 1. The van der Waals surface area contributed by atoms with E-state index < -0.39 is 0 Å². The molecule has 0 saturated heterocycles. The number of hydrogen-bond acceptors (Lipinski definition) is 7. The molecular formula is C12H17NO4S2.